The summed E-state index contributed by atoms with van der Waals surface area (Å²) < 4.78 is 15.6. The third-order valence-corrected chi connectivity index (χ3v) is 3.60. The van der Waals surface area contributed by atoms with Gasteiger partial charge in [0, 0.05) is 26.8 Å². The number of hydrogen-bond acceptors (Lipinski definition) is 6. The minimum Gasteiger partial charge on any atom is -0.458 e. The Balaban J connectivity index is 1.92. The largest absolute Gasteiger partial charge is 0.458 e. The summed E-state index contributed by atoms with van der Waals surface area (Å²) in [5, 5.41) is 0. The number of amides is 1. The molecule has 0 aliphatic carbocycles. The molecule has 0 aromatic heterocycles. The normalized spacial score (nSPS) is 20.2. The molecule has 1 aromatic carbocycles. The molecule has 1 unspecified atom stereocenters. The van der Waals surface area contributed by atoms with Crippen LogP contribution in [-0.2, 0) is 30.4 Å². The lowest BCUT2D eigenvalue weighted by atomic mass is 10.0. The lowest BCUT2D eigenvalue weighted by molar-refractivity contribution is -0.170. The van der Waals surface area contributed by atoms with Gasteiger partial charge in [0.1, 0.15) is 12.7 Å². The summed E-state index contributed by atoms with van der Waals surface area (Å²) in [7, 11) is 0. The van der Waals surface area contributed by atoms with E-state index >= 15 is 0 Å². The van der Waals surface area contributed by atoms with Crippen LogP contribution in [0.2, 0.25) is 0 Å². The van der Waals surface area contributed by atoms with Gasteiger partial charge in [-0.2, -0.15) is 0 Å². The highest BCUT2D eigenvalue weighted by Crippen LogP contribution is 2.19. The average Bonchev–Trinajstić information content (AvgIpc) is 2.54. The molecule has 1 amide bonds. The molecule has 1 saturated heterocycles. The van der Waals surface area contributed by atoms with E-state index in [0.29, 0.717) is 13.0 Å². The van der Waals surface area contributed by atoms with Crippen molar-refractivity contribution < 1.29 is 28.6 Å². The molecule has 7 heteroatoms. The van der Waals surface area contributed by atoms with E-state index in [1.54, 1.807) is 0 Å². The zero-order valence-corrected chi connectivity index (χ0v) is 13.8. The first-order valence-corrected chi connectivity index (χ1v) is 7.75. The van der Waals surface area contributed by atoms with Crippen molar-refractivity contribution in [3.05, 3.63) is 35.9 Å². The average molecular weight is 335 g/mol. The molecule has 24 heavy (non-hydrogen) atoms. The molecule has 2 atom stereocenters. The van der Waals surface area contributed by atoms with E-state index in [-0.39, 0.29) is 13.2 Å². The summed E-state index contributed by atoms with van der Waals surface area (Å²) in [6, 6.07) is 9.34. The van der Waals surface area contributed by atoms with Crippen molar-refractivity contribution in [3.63, 3.8) is 0 Å². The molecular weight excluding hydrogens is 314 g/mol. The Bertz CT molecular complexity index is 588. The summed E-state index contributed by atoms with van der Waals surface area (Å²) >= 11 is 0. The van der Waals surface area contributed by atoms with Crippen molar-refractivity contribution in [1.82, 2.24) is 4.90 Å². The fraction of sp³-hybridized carbons (Fsp3) is 0.471. The minimum atomic E-state index is -0.690. The molecule has 1 fully saturated rings. The maximum atomic E-state index is 12.2. The van der Waals surface area contributed by atoms with Crippen LogP contribution in [0.4, 0.5) is 4.79 Å². The molecule has 1 aliphatic rings. The van der Waals surface area contributed by atoms with E-state index in [2.05, 4.69) is 0 Å². The topological polar surface area (TPSA) is 82.1 Å². The first-order chi connectivity index (χ1) is 11.5. The van der Waals surface area contributed by atoms with Gasteiger partial charge in [-0.15, -0.1) is 0 Å². The van der Waals surface area contributed by atoms with Crippen LogP contribution < -0.4 is 0 Å². The van der Waals surface area contributed by atoms with Crippen LogP contribution in [0.3, 0.4) is 0 Å². The van der Waals surface area contributed by atoms with Crippen LogP contribution in [0, 0.1) is 0 Å². The van der Waals surface area contributed by atoms with Crippen LogP contribution in [-0.4, -0.2) is 48.2 Å². The molecule has 1 aromatic rings. The van der Waals surface area contributed by atoms with Gasteiger partial charge in [-0.1, -0.05) is 30.3 Å². The van der Waals surface area contributed by atoms with E-state index < -0.39 is 30.2 Å². The van der Waals surface area contributed by atoms with Crippen molar-refractivity contribution in [3.8, 4) is 0 Å². The van der Waals surface area contributed by atoms with Crippen molar-refractivity contribution >= 4 is 18.0 Å². The van der Waals surface area contributed by atoms with E-state index in [0.717, 1.165) is 5.56 Å². The smallest absolute Gasteiger partial charge is 0.410 e. The quantitative estimate of drug-likeness (QED) is 0.617. The molecule has 0 saturated carbocycles. The maximum absolute atomic E-state index is 12.2. The molecule has 2 rings (SSSR count). The Morgan fingerprint density at radius 2 is 1.67 bits per heavy atom. The lowest BCUT2D eigenvalue weighted by Crippen LogP contribution is -2.52. The van der Waals surface area contributed by atoms with Crippen molar-refractivity contribution in [2.45, 2.75) is 39.1 Å². The van der Waals surface area contributed by atoms with E-state index in [1.807, 2.05) is 30.3 Å². The second-order valence-corrected chi connectivity index (χ2v) is 5.57. The Kier molecular flexibility index (Phi) is 6.17. The SMILES string of the molecule is CC(=O)OC1CN(C(=O)OCc2ccccc2)CC[C@@H]1OC(C)=O. The summed E-state index contributed by atoms with van der Waals surface area (Å²) in [6.45, 7) is 3.24. The highest BCUT2D eigenvalue weighted by atomic mass is 16.6. The zero-order chi connectivity index (χ0) is 17.5. The second-order valence-electron chi connectivity index (χ2n) is 5.57. The molecule has 0 spiro atoms. The predicted molar refractivity (Wildman–Crippen MR) is 83.9 cm³/mol. The first kappa shape index (κ1) is 17.8. The van der Waals surface area contributed by atoms with Crippen LogP contribution >= 0.6 is 0 Å². The summed E-state index contributed by atoms with van der Waals surface area (Å²) in [6.07, 6.45) is -1.34. The predicted octanol–water partition coefficient (Wildman–Crippen LogP) is 1.89. The number of hydrogen-bond donors (Lipinski definition) is 0. The van der Waals surface area contributed by atoms with E-state index in [4.69, 9.17) is 14.2 Å². The molecule has 1 heterocycles. The number of esters is 2. The number of carbonyl (C=O) groups is 3. The highest BCUT2D eigenvalue weighted by molar-refractivity contribution is 5.69. The summed E-state index contributed by atoms with van der Waals surface area (Å²) in [4.78, 5) is 36.0. The number of benzene rings is 1. The van der Waals surface area contributed by atoms with Gasteiger partial charge in [-0.3, -0.25) is 9.59 Å². The maximum Gasteiger partial charge on any atom is 0.410 e. The van der Waals surface area contributed by atoms with E-state index in [1.165, 1.54) is 18.7 Å². The van der Waals surface area contributed by atoms with Gasteiger partial charge in [0.15, 0.2) is 6.10 Å². The fourth-order valence-electron chi connectivity index (χ4n) is 2.55. The highest BCUT2D eigenvalue weighted by Gasteiger charge is 2.36. The molecule has 0 N–H and O–H groups in total. The van der Waals surface area contributed by atoms with Gasteiger partial charge in [0.25, 0.3) is 0 Å². The van der Waals surface area contributed by atoms with Crippen LogP contribution in [0.5, 0.6) is 0 Å². The Morgan fingerprint density at radius 1 is 1.04 bits per heavy atom. The van der Waals surface area contributed by atoms with Gasteiger partial charge in [-0.25, -0.2) is 4.79 Å². The van der Waals surface area contributed by atoms with Crippen molar-refractivity contribution in [2.24, 2.45) is 0 Å². The van der Waals surface area contributed by atoms with Gasteiger partial charge >= 0.3 is 18.0 Å². The van der Waals surface area contributed by atoms with E-state index in [9.17, 15) is 14.4 Å². The molecule has 0 bridgehead atoms. The number of likely N-dealkylation sites (tertiary alicyclic amines) is 1. The Labute approximate surface area is 140 Å². The number of ether oxygens (including phenoxy) is 3. The lowest BCUT2D eigenvalue weighted by Gasteiger charge is -2.36. The number of rotatable bonds is 4. The number of piperidine rings is 1. The zero-order valence-electron chi connectivity index (χ0n) is 13.8. The van der Waals surface area contributed by atoms with Gasteiger partial charge in [0.2, 0.25) is 0 Å². The van der Waals surface area contributed by atoms with Crippen LogP contribution in [0.1, 0.15) is 25.8 Å². The molecule has 0 radical (unpaired) electrons. The summed E-state index contributed by atoms with van der Waals surface area (Å²) in [5.74, 6) is -0.936. The molecular formula is C17H21NO6. The second kappa shape index (κ2) is 8.33. The molecule has 130 valence electrons. The van der Waals surface area contributed by atoms with Crippen molar-refractivity contribution in [1.29, 1.82) is 0 Å². The van der Waals surface area contributed by atoms with Crippen molar-refractivity contribution in [2.75, 3.05) is 13.1 Å². The number of nitrogens with zero attached hydrogens (tertiary/aromatic N) is 1. The minimum absolute atomic E-state index is 0.130. The third kappa shape index (κ3) is 5.26. The standard InChI is InChI=1S/C17H21NO6/c1-12(19)23-15-8-9-18(10-16(15)24-13(2)20)17(21)22-11-14-6-4-3-5-7-14/h3-7,15-16H,8-11H2,1-2H3/t15-,16?/m0/s1. The van der Waals surface area contributed by atoms with Gasteiger partial charge in [0.05, 0.1) is 6.54 Å². The van der Waals surface area contributed by atoms with Gasteiger partial charge < -0.3 is 19.1 Å². The first-order valence-electron chi connectivity index (χ1n) is 7.75. The third-order valence-electron chi connectivity index (χ3n) is 3.60. The van der Waals surface area contributed by atoms with Crippen LogP contribution in [0.15, 0.2) is 30.3 Å². The van der Waals surface area contributed by atoms with Gasteiger partial charge in [-0.05, 0) is 5.56 Å². The van der Waals surface area contributed by atoms with Crippen LogP contribution in [0.25, 0.3) is 0 Å². The fourth-order valence-corrected chi connectivity index (χ4v) is 2.55. The molecule has 1 aliphatic heterocycles. The Hall–Kier alpha value is -2.57. The summed E-state index contributed by atoms with van der Waals surface area (Å²) in [5.41, 5.74) is 0.886. The Morgan fingerprint density at radius 3 is 2.29 bits per heavy atom. The molecule has 7 nitrogen and oxygen atoms in total. The monoisotopic (exact) mass is 335 g/mol. The number of carbonyl (C=O) groups excluding carboxylic acids is 3.